The second kappa shape index (κ2) is 4.63. The molecule has 17 heavy (non-hydrogen) atoms. The van der Waals surface area contributed by atoms with E-state index in [2.05, 4.69) is 4.98 Å². The molecule has 2 heterocycles. The molecule has 0 aliphatic heterocycles. The van der Waals surface area contributed by atoms with E-state index in [1.54, 1.807) is 20.4 Å². The van der Waals surface area contributed by atoms with E-state index in [1.807, 2.05) is 19.1 Å². The second-order valence-electron chi connectivity index (χ2n) is 3.56. The summed E-state index contributed by atoms with van der Waals surface area (Å²) in [6.45, 7) is 1.97. The summed E-state index contributed by atoms with van der Waals surface area (Å²) in [5.41, 5.74) is 8.10. The minimum absolute atomic E-state index is 0.646. The predicted octanol–water partition coefficient (Wildman–Crippen LogP) is 2.72. The number of anilines is 1. The lowest BCUT2D eigenvalue weighted by atomic mass is 10.2. The highest BCUT2D eigenvalue weighted by atomic mass is 32.1. The van der Waals surface area contributed by atoms with Crippen molar-refractivity contribution in [2.45, 2.75) is 6.92 Å². The molecule has 0 aliphatic rings. The maximum Gasteiger partial charge on any atom is 0.180 e. The highest BCUT2D eigenvalue weighted by Gasteiger charge is 2.18. The van der Waals surface area contributed by atoms with Gasteiger partial charge in [0.1, 0.15) is 5.75 Å². The first-order valence-corrected chi connectivity index (χ1v) is 5.92. The van der Waals surface area contributed by atoms with Crippen LogP contribution in [0.2, 0.25) is 0 Å². The van der Waals surface area contributed by atoms with Crippen molar-refractivity contribution in [3.63, 3.8) is 0 Å². The quantitative estimate of drug-likeness (QED) is 0.910. The van der Waals surface area contributed by atoms with E-state index < -0.39 is 0 Å². The summed E-state index contributed by atoms with van der Waals surface area (Å²) in [6, 6.07) is 3.70. The molecule has 2 aromatic rings. The van der Waals surface area contributed by atoms with Crippen molar-refractivity contribution in [3.05, 3.63) is 23.9 Å². The maximum atomic E-state index is 5.62. The molecule has 0 aromatic carbocycles. The summed E-state index contributed by atoms with van der Waals surface area (Å²) in [6.07, 6.45) is 1.64. The van der Waals surface area contributed by atoms with Crippen LogP contribution in [0.15, 0.2) is 18.3 Å². The van der Waals surface area contributed by atoms with E-state index >= 15 is 0 Å². The van der Waals surface area contributed by atoms with Crippen LogP contribution in [0.25, 0.3) is 10.6 Å². The SMILES string of the molecule is COc1sc(-c2ccc(N)cn2)c(OC)c1C. The lowest BCUT2D eigenvalue weighted by Gasteiger charge is -2.03. The van der Waals surface area contributed by atoms with E-state index in [1.165, 1.54) is 11.3 Å². The number of rotatable bonds is 3. The summed E-state index contributed by atoms with van der Waals surface area (Å²) >= 11 is 1.52. The molecule has 0 bridgehead atoms. The number of ether oxygens (including phenoxy) is 2. The Kier molecular flexibility index (Phi) is 3.19. The average Bonchev–Trinajstić information content (AvgIpc) is 2.66. The van der Waals surface area contributed by atoms with Gasteiger partial charge >= 0.3 is 0 Å². The van der Waals surface area contributed by atoms with Crippen LogP contribution in [0.5, 0.6) is 10.8 Å². The normalized spacial score (nSPS) is 10.3. The van der Waals surface area contributed by atoms with Gasteiger partial charge in [-0.2, -0.15) is 0 Å². The van der Waals surface area contributed by atoms with Gasteiger partial charge in [-0.25, -0.2) is 0 Å². The van der Waals surface area contributed by atoms with E-state index in [9.17, 15) is 0 Å². The van der Waals surface area contributed by atoms with Crippen LogP contribution >= 0.6 is 11.3 Å². The molecule has 0 unspecified atom stereocenters. The highest BCUT2D eigenvalue weighted by molar-refractivity contribution is 7.17. The van der Waals surface area contributed by atoms with Gasteiger partial charge in [0.25, 0.3) is 0 Å². The van der Waals surface area contributed by atoms with Crippen LogP contribution in [-0.4, -0.2) is 19.2 Å². The van der Waals surface area contributed by atoms with Gasteiger partial charge in [0.05, 0.1) is 36.7 Å². The third-order valence-corrected chi connectivity index (χ3v) is 3.71. The van der Waals surface area contributed by atoms with E-state index in [-0.39, 0.29) is 0 Å². The van der Waals surface area contributed by atoms with E-state index in [4.69, 9.17) is 15.2 Å². The van der Waals surface area contributed by atoms with Crippen molar-refractivity contribution in [2.24, 2.45) is 0 Å². The number of hydrogen-bond acceptors (Lipinski definition) is 5. The minimum atomic E-state index is 0.646. The number of pyridine rings is 1. The number of nitrogen functional groups attached to an aromatic ring is 1. The lowest BCUT2D eigenvalue weighted by molar-refractivity contribution is 0.401. The van der Waals surface area contributed by atoms with Gasteiger partial charge in [-0.15, -0.1) is 0 Å². The van der Waals surface area contributed by atoms with Crippen molar-refractivity contribution >= 4 is 17.0 Å². The van der Waals surface area contributed by atoms with Crippen molar-refractivity contribution in [3.8, 4) is 21.4 Å². The third-order valence-electron chi connectivity index (χ3n) is 2.46. The Morgan fingerprint density at radius 1 is 1.24 bits per heavy atom. The van der Waals surface area contributed by atoms with Gasteiger partial charge < -0.3 is 15.2 Å². The molecule has 0 fully saturated rings. The molecule has 0 saturated heterocycles. The molecule has 0 saturated carbocycles. The van der Waals surface area contributed by atoms with Crippen LogP contribution in [0.3, 0.4) is 0 Å². The summed E-state index contributed by atoms with van der Waals surface area (Å²) < 4.78 is 10.7. The molecule has 2 rings (SSSR count). The lowest BCUT2D eigenvalue weighted by Crippen LogP contribution is -1.89. The molecule has 4 nitrogen and oxygen atoms in total. The highest BCUT2D eigenvalue weighted by Crippen LogP contribution is 2.45. The van der Waals surface area contributed by atoms with Crippen LogP contribution in [-0.2, 0) is 0 Å². The van der Waals surface area contributed by atoms with Gasteiger partial charge in [-0.1, -0.05) is 11.3 Å². The number of methoxy groups -OCH3 is 2. The number of nitrogens with two attached hydrogens (primary N) is 1. The number of nitrogens with zero attached hydrogens (tertiary/aromatic N) is 1. The Balaban J connectivity index is 2.54. The Morgan fingerprint density at radius 2 is 2.00 bits per heavy atom. The Labute approximate surface area is 104 Å². The summed E-state index contributed by atoms with van der Waals surface area (Å²) in [5, 5.41) is 0.843. The predicted molar refractivity (Wildman–Crippen MR) is 69.8 cm³/mol. The Morgan fingerprint density at radius 3 is 2.53 bits per heavy atom. The number of thiophene rings is 1. The third kappa shape index (κ3) is 2.06. The standard InChI is InChI=1S/C12H14N2O2S/c1-7-10(15-2)11(17-12(7)16-3)9-5-4-8(13)6-14-9/h4-6H,13H2,1-3H3. The second-order valence-corrected chi connectivity index (χ2v) is 4.54. The van der Waals surface area contributed by atoms with Crippen LogP contribution in [0.1, 0.15) is 5.56 Å². The fourth-order valence-corrected chi connectivity index (χ4v) is 2.70. The zero-order valence-corrected chi connectivity index (χ0v) is 10.8. The van der Waals surface area contributed by atoms with Gasteiger partial charge in [0.15, 0.2) is 5.06 Å². The number of aromatic nitrogens is 1. The zero-order chi connectivity index (χ0) is 12.4. The number of hydrogen-bond donors (Lipinski definition) is 1. The molecule has 0 radical (unpaired) electrons. The van der Waals surface area contributed by atoms with Crippen LogP contribution < -0.4 is 15.2 Å². The molecule has 0 amide bonds. The first-order chi connectivity index (χ1) is 8.17. The fraction of sp³-hybridized carbons (Fsp3) is 0.250. The molecule has 0 spiro atoms. The first kappa shape index (κ1) is 11.7. The van der Waals surface area contributed by atoms with Crippen LogP contribution in [0.4, 0.5) is 5.69 Å². The van der Waals surface area contributed by atoms with Gasteiger partial charge in [0, 0.05) is 5.56 Å². The topological polar surface area (TPSA) is 57.4 Å². The van der Waals surface area contributed by atoms with Crippen molar-refractivity contribution in [1.82, 2.24) is 4.98 Å². The molecular formula is C12H14N2O2S. The van der Waals surface area contributed by atoms with Crippen LogP contribution in [0, 0.1) is 6.92 Å². The minimum Gasteiger partial charge on any atom is -0.495 e. The first-order valence-electron chi connectivity index (χ1n) is 5.10. The smallest absolute Gasteiger partial charge is 0.180 e. The zero-order valence-electron chi connectivity index (χ0n) is 9.98. The summed E-state index contributed by atoms with van der Waals surface area (Å²) in [7, 11) is 3.30. The Hall–Kier alpha value is -1.75. The molecule has 2 aromatic heterocycles. The van der Waals surface area contributed by atoms with Crippen molar-refractivity contribution in [1.29, 1.82) is 0 Å². The summed E-state index contributed by atoms with van der Waals surface area (Å²) in [5.74, 6) is 0.809. The summed E-state index contributed by atoms with van der Waals surface area (Å²) in [4.78, 5) is 5.26. The van der Waals surface area contributed by atoms with Crippen molar-refractivity contribution < 1.29 is 9.47 Å². The van der Waals surface area contributed by atoms with Crippen molar-refractivity contribution in [2.75, 3.05) is 20.0 Å². The van der Waals surface area contributed by atoms with Gasteiger partial charge in [-0.05, 0) is 19.1 Å². The Bertz CT molecular complexity index is 520. The van der Waals surface area contributed by atoms with Gasteiger partial charge in [0.2, 0.25) is 0 Å². The monoisotopic (exact) mass is 250 g/mol. The maximum absolute atomic E-state index is 5.62. The fourth-order valence-electron chi connectivity index (χ4n) is 1.63. The molecule has 0 atom stereocenters. The molecule has 2 N–H and O–H groups in total. The molecule has 90 valence electrons. The molecular weight excluding hydrogens is 236 g/mol. The van der Waals surface area contributed by atoms with Gasteiger partial charge in [-0.3, -0.25) is 4.98 Å². The largest absolute Gasteiger partial charge is 0.495 e. The molecule has 5 heteroatoms. The molecule has 0 aliphatic carbocycles. The van der Waals surface area contributed by atoms with E-state index in [0.29, 0.717) is 5.69 Å². The van der Waals surface area contributed by atoms with E-state index in [0.717, 1.165) is 26.9 Å². The average molecular weight is 250 g/mol.